The van der Waals surface area contributed by atoms with Gasteiger partial charge < -0.3 is 0 Å². The Kier molecular flexibility index (Phi) is 29.6. The Bertz CT molecular complexity index is 1660. The van der Waals surface area contributed by atoms with Gasteiger partial charge in [-0.3, -0.25) is 9.59 Å². The molecule has 2 aromatic heterocycles. The molecule has 12 atom stereocenters. The zero-order valence-corrected chi connectivity index (χ0v) is 51.2. The first-order chi connectivity index (χ1) is 36.3. The van der Waals surface area contributed by atoms with Gasteiger partial charge in [0.15, 0.2) is 0 Å². The Morgan fingerprint density at radius 3 is 1.07 bits per heavy atom. The Morgan fingerprint density at radius 1 is 0.419 bits per heavy atom. The molecule has 4 fully saturated rings. The number of hydrogen-bond donors (Lipinski definition) is 0. The summed E-state index contributed by atoms with van der Waals surface area (Å²) in [5, 5.41) is 2.30. The van der Waals surface area contributed by atoms with Gasteiger partial charge >= 0.3 is 0 Å². The molecule has 0 bridgehead atoms. The van der Waals surface area contributed by atoms with E-state index in [4.69, 9.17) is 0 Å². The van der Waals surface area contributed by atoms with Crippen LogP contribution in [0.4, 0.5) is 0 Å². The van der Waals surface area contributed by atoms with Crippen LogP contribution in [-0.2, 0) is 9.59 Å². The summed E-state index contributed by atoms with van der Waals surface area (Å²) in [6.07, 6.45) is 57.2. The van der Waals surface area contributed by atoms with Crippen molar-refractivity contribution in [3.63, 3.8) is 0 Å². The molecule has 0 N–H and O–H groups in total. The van der Waals surface area contributed by atoms with Gasteiger partial charge in [0.25, 0.3) is 0 Å². The first-order valence-electron chi connectivity index (χ1n) is 33.5. The molecule has 6 rings (SSSR count). The van der Waals surface area contributed by atoms with E-state index in [1.54, 1.807) is 0 Å². The van der Waals surface area contributed by atoms with E-state index in [-0.39, 0.29) is 23.7 Å². The summed E-state index contributed by atoms with van der Waals surface area (Å²) in [7, 11) is 0. The highest BCUT2D eigenvalue weighted by Gasteiger charge is 2.62. The van der Waals surface area contributed by atoms with Crippen molar-refractivity contribution in [2.45, 2.75) is 323 Å². The maximum Gasteiger partial charge on any atom is 0.144 e. The van der Waals surface area contributed by atoms with Crippen molar-refractivity contribution >= 4 is 34.2 Å². The fourth-order valence-electron chi connectivity index (χ4n) is 16.4. The molecule has 0 spiro atoms. The smallest absolute Gasteiger partial charge is 0.144 e. The lowest BCUT2D eigenvalue weighted by Crippen LogP contribution is -2.50. The quantitative estimate of drug-likeness (QED) is 0.0621. The molecule has 4 heteroatoms. The zero-order chi connectivity index (χ0) is 52.3. The van der Waals surface area contributed by atoms with Gasteiger partial charge in [0.2, 0.25) is 0 Å². The van der Waals surface area contributed by atoms with Gasteiger partial charge in [-0.05, 0) is 129 Å². The topological polar surface area (TPSA) is 34.1 Å². The number of rotatable bonds is 42. The summed E-state index contributed by atoms with van der Waals surface area (Å²) in [6, 6.07) is 6.98. The number of ketones is 2. The predicted octanol–water partition coefficient (Wildman–Crippen LogP) is 23.1. The summed E-state index contributed by atoms with van der Waals surface area (Å²) in [5.41, 5.74) is 1.32. The zero-order valence-electron chi connectivity index (χ0n) is 49.6. The Morgan fingerprint density at radius 2 is 0.757 bits per heavy atom. The molecule has 4 saturated carbocycles. The lowest BCUT2D eigenvalue weighted by Gasteiger charge is -2.53. The van der Waals surface area contributed by atoms with E-state index in [0.717, 1.165) is 24.7 Å². The van der Waals surface area contributed by atoms with Gasteiger partial charge in [-0.1, -0.05) is 259 Å². The molecule has 0 radical (unpaired) electrons. The minimum Gasteiger partial charge on any atom is -0.299 e. The standard InChI is InChI=1S/C70H118O2S2/c1-7-11-15-19-23-25-27-29-33-37-41-55(39-35-31-21-17-13-9-3)46-57-48-62-61(67-59(57)50-63(69(67)71)65-44-43-54(6)74-65)49-58(60-51-64(70(72)68(60)62)66-45-53(5)52-73-66)47-56(40-36-32-22-18-14-10-4)42-38-34-30-28-26-24-20-16-12-8-2/h43-45,52,55-64,67-68H,7-42,46-51H2,1-6H3. The van der Waals surface area contributed by atoms with Crippen LogP contribution in [0.3, 0.4) is 0 Å². The Balaban J connectivity index is 1.23. The summed E-state index contributed by atoms with van der Waals surface area (Å²) < 4.78 is 0. The fourth-order valence-corrected chi connectivity index (χ4v) is 18.4. The fraction of sp³-hybridized carbons (Fsp3) is 0.857. The number of carbonyl (C=O) groups is 2. The predicted molar refractivity (Wildman–Crippen MR) is 325 cm³/mol. The lowest BCUT2D eigenvalue weighted by atomic mass is 9.50. The number of fused-ring (bicyclic) bond motifs is 5. The van der Waals surface area contributed by atoms with Crippen LogP contribution in [0, 0.1) is 73.0 Å². The van der Waals surface area contributed by atoms with Crippen LogP contribution >= 0.6 is 22.7 Å². The average Bonchev–Trinajstić information content (AvgIpc) is 4.21. The molecule has 0 amide bonds. The maximum absolute atomic E-state index is 15.6. The lowest BCUT2D eigenvalue weighted by molar-refractivity contribution is -0.139. The van der Waals surface area contributed by atoms with Gasteiger partial charge in [0.05, 0.1) is 11.8 Å². The largest absolute Gasteiger partial charge is 0.299 e. The van der Waals surface area contributed by atoms with Crippen LogP contribution in [-0.4, -0.2) is 11.6 Å². The first kappa shape index (κ1) is 61.9. The molecular weight excluding hydrogens is 937 g/mol. The number of hydrogen-bond acceptors (Lipinski definition) is 4. The van der Waals surface area contributed by atoms with E-state index in [9.17, 15) is 0 Å². The molecular formula is C70H118O2S2. The molecule has 0 saturated heterocycles. The first-order valence-corrected chi connectivity index (χ1v) is 35.2. The van der Waals surface area contributed by atoms with Crippen LogP contribution < -0.4 is 0 Å². The number of aryl methyl sites for hydroxylation is 2. The van der Waals surface area contributed by atoms with Gasteiger partial charge in [0, 0.05) is 26.5 Å². The summed E-state index contributed by atoms with van der Waals surface area (Å²) >= 11 is 3.77. The third kappa shape index (κ3) is 19.5. The molecule has 2 aromatic rings. The van der Waals surface area contributed by atoms with Crippen LogP contribution in [0.1, 0.15) is 329 Å². The van der Waals surface area contributed by atoms with E-state index in [0.29, 0.717) is 47.1 Å². The van der Waals surface area contributed by atoms with Crippen molar-refractivity contribution in [1.82, 2.24) is 0 Å². The number of unbranched alkanes of at least 4 members (excludes halogenated alkanes) is 28. The highest BCUT2D eigenvalue weighted by atomic mass is 32.1. The Labute approximate surface area is 467 Å². The summed E-state index contributed by atoms with van der Waals surface area (Å²) in [4.78, 5) is 35.2. The maximum atomic E-state index is 15.6. The molecule has 12 unspecified atom stereocenters. The Hall–Kier alpha value is -1.26. The average molecular weight is 1060 g/mol. The van der Waals surface area contributed by atoms with Crippen molar-refractivity contribution < 1.29 is 9.59 Å². The molecule has 0 aromatic carbocycles. The van der Waals surface area contributed by atoms with Crippen molar-refractivity contribution in [3.05, 3.63) is 43.8 Å². The highest BCUT2D eigenvalue weighted by Crippen LogP contribution is 2.65. The molecule has 0 aliphatic heterocycles. The highest BCUT2D eigenvalue weighted by molar-refractivity contribution is 7.12. The van der Waals surface area contributed by atoms with Crippen molar-refractivity contribution in [1.29, 1.82) is 0 Å². The van der Waals surface area contributed by atoms with E-state index in [2.05, 4.69) is 65.1 Å². The molecule has 74 heavy (non-hydrogen) atoms. The van der Waals surface area contributed by atoms with E-state index in [1.807, 2.05) is 22.7 Å². The van der Waals surface area contributed by atoms with Crippen LogP contribution in [0.25, 0.3) is 0 Å². The molecule has 2 nitrogen and oxygen atoms in total. The van der Waals surface area contributed by atoms with Gasteiger partial charge in [-0.25, -0.2) is 0 Å². The van der Waals surface area contributed by atoms with Crippen LogP contribution in [0.15, 0.2) is 23.6 Å². The molecule has 2 heterocycles. The summed E-state index contributed by atoms with van der Waals surface area (Å²) in [6.45, 7) is 13.8. The second kappa shape index (κ2) is 35.4. The summed E-state index contributed by atoms with van der Waals surface area (Å²) in [5.74, 6) is 6.07. The van der Waals surface area contributed by atoms with Gasteiger partial charge in [-0.15, -0.1) is 22.7 Å². The van der Waals surface area contributed by atoms with Crippen LogP contribution in [0.5, 0.6) is 0 Å². The monoisotopic (exact) mass is 1050 g/mol. The normalized spacial score (nSPS) is 26.4. The van der Waals surface area contributed by atoms with E-state index in [1.165, 1.54) is 277 Å². The van der Waals surface area contributed by atoms with Gasteiger partial charge in [-0.2, -0.15) is 0 Å². The molecule has 4 aliphatic carbocycles. The SMILES string of the molecule is CCCCCCCCCCCCC(CCCCCCCC)CC1CC2C(CC(CC(CCCCCCCC)CCCCCCCCCCCC)C3CC(c4ccc(C)s4)C(=O)C32)C2C(=O)C(c3cc(C)cs3)CC12. The third-order valence-electron chi connectivity index (χ3n) is 20.5. The molecule has 422 valence electrons. The second-order valence-electron chi connectivity index (χ2n) is 26.3. The number of thiophene rings is 2. The van der Waals surface area contributed by atoms with Crippen molar-refractivity contribution in [2.75, 3.05) is 0 Å². The number of carbonyl (C=O) groups excluding carboxylic acids is 2. The van der Waals surface area contributed by atoms with Crippen molar-refractivity contribution in [2.24, 2.45) is 59.2 Å². The molecule has 4 aliphatic rings. The minimum absolute atomic E-state index is 0.0676. The van der Waals surface area contributed by atoms with E-state index < -0.39 is 0 Å². The third-order valence-corrected chi connectivity index (χ3v) is 22.7. The van der Waals surface area contributed by atoms with E-state index >= 15 is 9.59 Å². The second-order valence-corrected chi connectivity index (χ2v) is 28.6. The van der Waals surface area contributed by atoms with Gasteiger partial charge in [0.1, 0.15) is 11.6 Å². The van der Waals surface area contributed by atoms with Crippen LogP contribution in [0.2, 0.25) is 0 Å². The minimum atomic E-state index is 0.0676. The van der Waals surface area contributed by atoms with Crippen molar-refractivity contribution in [3.8, 4) is 0 Å². The number of Topliss-reactive ketones (excluding diaryl/α,β-unsaturated/α-hetero) is 2.